The van der Waals surface area contributed by atoms with Crippen molar-refractivity contribution in [2.24, 2.45) is 0 Å². The monoisotopic (exact) mass is 242 g/mol. The Morgan fingerprint density at radius 3 is 2.89 bits per heavy atom. The molecule has 94 valence electrons. The molecule has 1 aromatic heterocycles. The van der Waals surface area contributed by atoms with Gasteiger partial charge in [0.15, 0.2) is 0 Å². The van der Waals surface area contributed by atoms with E-state index in [2.05, 4.69) is 29.4 Å². The quantitative estimate of drug-likeness (QED) is 0.879. The number of rotatable bonds is 4. The van der Waals surface area contributed by atoms with Crippen LogP contribution in [-0.2, 0) is 11.2 Å². The molecule has 18 heavy (non-hydrogen) atoms. The topological polar surface area (TPSA) is 36.1 Å². The number of fused-ring (bicyclic) bond motifs is 1. The fraction of sp³-hybridized carbons (Fsp3) is 0.400. The first-order valence-corrected chi connectivity index (χ1v) is 6.67. The molecule has 1 aromatic carbocycles. The van der Waals surface area contributed by atoms with E-state index in [1.165, 1.54) is 22.9 Å². The van der Waals surface area contributed by atoms with E-state index >= 15 is 0 Å². The van der Waals surface area contributed by atoms with Crippen LogP contribution >= 0.6 is 0 Å². The second kappa shape index (κ2) is 4.84. The van der Waals surface area contributed by atoms with Gasteiger partial charge in [0.2, 0.25) is 5.91 Å². The number of hydrogen-bond donors (Lipinski definition) is 1. The van der Waals surface area contributed by atoms with Crippen LogP contribution < -0.4 is 0 Å². The second-order valence-electron chi connectivity index (χ2n) is 4.95. The average molecular weight is 242 g/mol. The van der Waals surface area contributed by atoms with Crippen LogP contribution in [0, 0.1) is 0 Å². The smallest absolute Gasteiger partial charge is 0.222 e. The summed E-state index contributed by atoms with van der Waals surface area (Å²) in [5.74, 6) is 0.320. The minimum Gasteiger partial charge on any atom is -0.361 e. The molecular formula is C15H18N2O. The van der Waals surface area contributed by atoms with Gasteiger partial charge in [0.1, 0.15) is 0 Å². The zero-order valence-electron chi connectivity index (χ0n) is 10.5. The van der Waals surface area contributed by atoms with E-state index in [-0.39, 0.29) is 0 Å². The van der Waals surface area contributed by atoms with Gasteiger partial charge in [-0.25, -0.2) is 0 Å². The van der Waals surface area contributed by atoms with Crippen molar-refractivity contribution in [2.45, 2.75) is 25.7 Å². The Morgan fingerprint density at radius 2 is 2.11 bits per heavy atom. The number of aryl methyl sites for hydroxylation is 1. The number of carbonyl (C=O) groups excluding carboxylic acids is 1. The molecule has 0 atom stereocenters. The van der Waals surface area contributed by atoms with Gasteiger partial charge in [-0.05, 0) is 30.9 Å². The summed E-state index contributed by atoms with van der Waals surface area (Å²) >= 11 is 0. The third-order valence-electron chi connectivity index (χ3n) is 3.72. The van der Waals surface area contributed by atoms with E-state index < -0.39 is 0 Å². The van der Waals surface area contributed by atoms with Gasteiger partial charge in [-0.2, -0.15) is 0 Å². The van der Waals surface area contributed by atoms with E-state index in [1.54, 1.807) is 0 Å². The molecule has 1 saturated heterocycles. The molecule has 0 spiro atoms. The van der Waals surface area contributed by atoms with Crippen LogP contribution in [0.1, 0.15) is 24.8 Å². The molecule has 2 aromatic rings. The minimum atomic E-state index is 0.320. The highest BCUT2D eigenvalue weighted by Crippen LogP contribution is 2.20. The van der Waals surface area contributed by atoms with Crippen molar-refractivity contribution in [3.63, 3.8) is 0 Å². The van der Waals surface area contributed by atoms with Crippen LogP contribution in [-0.4, -0.2) is 28.9 Å². The molecule has 0 saturated carbocycles. The SMILES string of the molecule is O=C(CCCc1c[nH]c2ccccc12)N1CCC1. The minimum absolute atomic E-state index is 0.320. The number of aromatic nitrogens is 1. The van der Waals surface area contributed by atoms with Gasteiger partial charge in [0.05, 0.1) is 0 Å². The Bertz CT molecular complexity index is 554. The number of nitrogens with one attached hydrogen (secondary N) is 1. The van der Waals surface area contributed by atoms with Crippen LogP contribution in [0.3, 0.4) is 0 Å². The highest BCUT2D eigenvalue weighted by molar-refractivity contribution is 5.83. The first-order valence-electron chi connectivity index (χ1n) is 6.67. The van der Waals surface area contributed by atoms with Crippen LogP contribution in [0.15, 0.2) is 30.5 Å². The zero-order chi connectivity index (χ0) is 12.4. The molecule has 3 heteroatoms. The van der Waals surface area contributed by atoms with Gasteiger partial charge in [0, 0.05) is 36.6 Å². The van der Waals surface area contributed by atoms with Gasteiger partial charge in [0.25, 0.3) is 0 Å². The summed E-state index contributed by atoms with van der Waals surface area (Å²) in [5.41, 5.74) is 2.50. The molecule has 0 bridgehead atoms. The highest BCUT2D eigenvalue weighted by atomic mass is 16.2. The van der Waals surface area contributed by atoms with Crippen LogP contribution in [0.5, 0.6) is 0 Å². The molecule has 3 rings (SSSR count). The molecule has 1 amide bonds. The van der Waals surface area contributed by atoms with Gasteiger partial charge in [-0.3, -0.25) is 4.79 Å². The number of aromatic amines is 1. The van der Waals surface area contributed by atoms with Crippen LogP contribution in [0.4, 0.5) is 0 Å². The molecule has 1 N–H and O–H groups in total. The number of benzene rings is 1. The number of amides is 1. The summed E-state index contributed by atoms with van der Waals surface area (Å²) in [4.78, 5) is 17.0. The fourth-order valence-corrected chi connectivity index (χ4v) is 2.49. The highest BCUT2D eigenvalue weighted by Gasteiger charge is 2.19. The average Bonchev–Trinajstić information content (AvgIpc) is 2.71. The summed E-state index contributed by atoms with van der Waals surface area (Å²) in [5, 5.41) is 1.29. The molecular weight excluding hydrogens is 224 g/mol. The van der Waals surface area contributed by atoms with E-state index in [1.807, 2.05) is 11.0 Å². The molecule has 0 aliphatic carbocycles. The third kappa shape index (κ3) is 2.13. The standard InChI is InChI=1S/C15H18N2O/c18-15(17-9-4-10-17)8-3-5-12-11-16-14-7-2-1-6-13(12)14/h1-2,6-7,11,16H,3-5,8-10H2. The Morgan fingerprint density at radius 1 is 1.28 bits per heavy atom. The van der Waals surface area contributed by atoms with E-state index in [0.717, 1.165) is 25.9 Å². The molecule has 0 radical (unpaired) electrons. The first kappa shape index (κ1) is 11.3. The van der Waals surface area contributed by atoms with E-state index in [0.29, 0.717) is 12.3 Å². The first-order chi connectivity index (χ1) is 8.84. The zero-order valence-corrected chi connectivity index (χ0v) is 10.5. The van der Waals surface area contributed by atoms with Crippen molar-refractivity contribution in [1.82, 2.24) is 9.88 Å². The lowest BCUT2D eigenvalue weighted by Gasteiger charge is -2.30. The van der Waals surface area contributed by atoms with Gasteiger partial charge < -0.3 is 9.88 Å². The Labute approximate surface area is 107 Å². The van der Waals surface area contributed by atoms with E-state index in [4.69, 9.17) is 0 Å². The lowest BCUT2D eigenvalue weighted by molar-refractivity contribution is -0.134. The van der Waals surface area contributed by atoms with Crippen molar-refractivity contribution in [2.75, 3.05) is 13.1 Å². The van der Waals surface area contributed by atoms with Gasteiger partial charge in [-0.15, -0.1) is 0 Å². The Balaban J connectivity index is 1.58. The van der Waals surface area contributed by atoms with Gasteiger partial charge in [-0.1, -0.05) is 18.2 Å². The number of nitrogens with zero attached hydrogens (tertiary/aromatic N) is 1. The summed E-state index contributed by atoms with van der Waals surface area (Å²) in [7, 11) is 0. The predicted molar refractivity (Wildman–Crippen MR) is 72.4 cm³/mol. The Kier molecular flexibility index (Phi) is 3.05. The van der Waals surface area contributed by atoms with E-state index in [9.17, 15) is 4.79 Å². The Hall–Kier alpha value is -1.77. The lowest BCUT2D eigenvalue weighted by atomic mass is 10.1. The predicted octanol–water partition coefficient (Wildman–Crippen LogP) is 2.72. The largest absolute Gasteiger partial charge is 0.361 e. The molecule has 2 heterocycles. The summed E-state index contributed by atoms with van der Waals surface area (Å²) < 4.78 is 0. The summed E-state index contributed by atoms with van der Waals surface area (Å²) in [6.07, 6.45) is 5.84. The maximum absolute atomic E-state index is 11.7. The lowest BCUT2D eigenvalue weighted by Crippen LogP contribution is -2.41. The fourth-order valence-electron chi connectivity index (χ4n) is 2.49. The van der Waals surface area contributed by atoms with Crippen LogP contribution in [0.25, 0.3) is 10.9 Å². The molecule has 3 nitrogen and oxygen atoms in total. The second-order valence-corrected chi connectivity index (χ2v) is 4.95. The number of carbonyl (C=O) groups is 1. The van der Waals surface area contributed by atoms with Gasteiger partial charge >= 0.3 is 0 Å². The van der Waals surface area contributed by atoms with Crippen molar-refractivity contribution < 1.29 is 4.79 Å². The summed E-state index contributed by atoms with van der Waals surface area (Å²) in [6, 6.07) is 8.32. The number of para-hydroxylation sites is 1. The summed E-state index contributed by atoms with van der Waals surface area (Å²) in [6.45, 7) is 1.93. The van der Waals surface area contributed by atoms with Crippen molar-refractivity contribution in [1.29, 1.82) is 0 Å². The number of H-pyrrole nitrogens is 1. The van der Waals surface area contributed by atoms with Crippen LogP contribution in [0.2, 0.25) is 0 Å². The normalized spacial score (nSPS) is 14.8. The third-order valence-corrected chi connectivity index (χ3v) is 3.72. The molecule has 0 unspecified atom stereocenters. The number of likely N-dealkylation sites (tertiary alicyclic amines) is 1. The van der Waals surface area contributed by atoms with Crippen molar-refractivity contribution >= 4 is 16.8 Å². The molecule has 1 aliphatic rings. The maximum Gasteiger partial charge on any atom is 0.222 e. The van der Waals surface area contributed by atoms with Crippen molar-refractivity contribution in [3.8, 4) is 0 Å². The van der Waals surface area contributed by atoms with Crippen molar-refractivity contribution in [3.05, 3.63) is 36.0 Å². The number of hydrogen-bond acceptors (Lipinski definition) is 1. The maximum atomic E-state index is 11.7. The molecule has 1 fully saturated rings. The molecule has 1 aliphatic heterocycles.